The molecule has 0 amide bonds. The maximum absolute atomic E-state index is 4.49. The highest BCUT2D eigenvalue weighted by Crippen LogP contribution is 2.16. The van der Waals surface area contributed by atoms with E-state index in [1.807, 2.05) is 24.1 Å². The predicted molar refractivity (Wildman–Crippen MR) is 82.5 cm³/mol. The fourth-order valence-electron chi connectivity index (χ4n) is 1.88. The van der Waals surface area contributed by atoms with Gasteiger partial charge in [0.1, 0.15) is 0 Å². The molecule has 0 radical (unpaired) electrons. The number of hydrogen-bond acceptors (Lipinski definition) is 5. The smallest absolute Gasteiger partial charge is 0.247 e. The summed E-state index contributed by atoms with van der Waals surface area (Å²) in [4.78, 5) is 6.52. The van der Waals surface area contributed by atoms with Gasteiger partial charge in [0.15, 0.2) is 5.82 Å². The number of rotatable bonds is 6. The first-order chi connectivity index (χ1) is 9.69. The highest BCUT2D eigenvalue weighted by Gasteiger charge is 2.06. The molecule has 0 unspecified atom stereocenters. The summed E-state index contributed by atoms with van der Waals surface area (Å²) in [6.07, 6.45) is 3.91. The summed E-state index contributed by atoms with van der Waals surface area (Å²) >= 11 is 0. The van der Waals surface area contributed by atoms with Crippen molar-refractivity contribution in [1.29, 1.82) is 0 Å². The Morgan fingerprint density at radius 3 is 2.90 bits per heavy atom. The molecular formula is C15H21N5. The van der Waals surface area contributed by atoms with Gasteiger partial charge in [0.25, 0.3) is 0 Å². The minimum Gasteiger partial charge on any atom is -0.343 e. The molecule has 0 spiro atoms. The molecule has 0 aliphatic carbocycles. The Labute approximate surface area is 120 Å². The number of nitrogens with one attached hydrogen (secondary N) is 1. The highest BCUT2D eigenvalue weighted by molar-refractivity contribution is 5.56. The standard InChI is InChI=1S/C15H21N5/c1-4-5-9-20(3)15-18-14(11-16-19-15)17-13-8-6-7-12(2)10-13/h6-8,10-11H,4-5,9H2,1-3H3,(H,17,18,19). The van der Waals surface area contributed by atoms with E-state index in [2.05, 4.69) is 46.5 Å². The summed E-state index contributed by atoms with van der Waals surface area (Å²) in [5, 5.41) is 11.3. The van der Waals surface area contributed by atoms with Crippen LogP contribution in [0.1, 0.15) is 25.3 Å². The zero-order chi connectivity index (χ0) is 14.4. The van der Waals surface area contributed by atoms with Gasteiger partial charge in [0.2, 0.25) is 5.95 Å². The molecule has 2 rings (SSSR count). The predicted octanol–water partition coefficient (Wildman–Crippen LogP) is 3.16. The fourth-order valence-corrected chi connectivity index (χ4v) is 1.88. The second-order valence-electron chi connectivity index (χ2n) is 4.91. The molecule has 20 heavy (non-hydrogen) atoms. The molecule has 2 aromatic rings. The van der Waals surface area contributed by atoms with E-state index >= 15 is 0 Å². The lowest BCUT2D eigenvalue weighted by Gasteiger charge is -2.16. The van der Waals surface area contributed by atoms with Gasteiger partial charge in [-0.05, 0) is 31.0 Å². The SMILES string of the molecule is CCCCN(C)c1nncc(Nc2cccc(C)c2)n1. The van der Waals surface area contributed by atoms with E-state index in [-0.39, 0.29) is 0 Å². The van der Waals surface area contributed by atoms with Crippen molar-refractivity contribution in [3.63, 3.8) is 0 Å². The zero-order valence-electron chi connectivity index (χ0n) is 12.3. The van der Waals surface area contributed by atoms with Gasteiger partial charge < -0.3 is 10.2 Å². The van der Waals surface area contributed by atoms with Gasteiger partial charge in [-0.25, -0.2) is 0 Å². The van der Waals surface area contributed by atoms with E-state index in [0.29, 0.717) is 11.8 Å². The van der Waals surface area contributed by atoms with Crippen LogP contribution in [0.4, 0.5) is 17.5 Å². The summed E-state index contributed by atoms with van der Waals surface area (Å²) in [6, 6.07) is 8.16. The first-order valence-electron chi connectivity index (χ1n) is 6.93. The Kier molecular flexibility index (Phi) is 4.87. The van der Waals surface area contributed by atoms with E-state index < -0.39 is 0 Å². The minimum atomic E-state index is 0.649. The lowest BCUT2D eigenvalue weighted by Crippen LogP contribution is -2.21. The summed E-state index contributed by atoms with van der Waals surface area (Å²) in [5.74, 6) is 1.36. The molecule has 1 aromatic carbocycles. The maximum atomic E-state index is 4.49. The van der Waals surface area contributed by atoms with Gasteiger partial charge in [-0.15, -0.1) is 5.10 Å². The third kappa shape index (κ3) is 3.91. The molecule has 1 heterocycles. The molecule has 5 heteroatoms. The van der Waals surface area contributed by atoms with E-state index in [9.17, 15) is 0 Å². The fraction of sp³-hybridized carbons (Fsp3) is 0.400. The molecule has 0 atom stereocenters. The van der Waals surface area contributed by atoms with Gasteiger partial charge in [0, 0.05) is 19.3 Å². The van der Waals surface area contributed by atoms with Gasteiger partial charge in [-0.2, -0.15) is 10.1 Å². The van der Waals surface area contributed by atoms with Crippen LogP contribution in [-0.2, 0) is 0 Å². The van der Waals surface area contributed by atoms with Crippen molar-refractivity contribution in [2.45, 2.75) is 26.7 Å². The third-order valence-corrected chi connectivity index (χ3v) is 3.03. The second kappa shape index (κ2) is 6.84. The number of benzene rings is 1. The van der Waals surface area contributed by atoms with E-state index in [4.69, 9.17) is 0 Å². The number of hydrogen-bond donors (Lipinski definition) is 1. The minimum absolute atomic E-state index is 0.649. The highest BCUT2D eigenvalue weighted by atomic mass is 15.3. The molecule has 0 saturated heterocycles. The van der Waals surface area contributed by atoms with Crippen LogP contribution < -0.4 is 10.2 Å². The molecule has 0 fully saturated rings. The number of nitrogens with zero attached hydrogens (tertiary/aromatic N) is 4. The van der Waals surface area contributed by atoms with Crippen LogP contribution in [0.3, 0.4) is 0 Å². The topological polar surface area (TPSA) is 53.9 Å². The van der Waals surface area contributed by atoms with Crippen LogP contribution in [-0.4, -0.2) is 28.8 Å². The molecular weight excluding hydrogens is 250 g/mol. The Balaban J connectivity index is 2.09. The Hall–Kier alpha value is -2.17. The summed E-state index contributed by atoms with van der Waals surface area (Å²) in [5.41, 5.74) is 2.21. The third-order valence-electron chi connectivity index (χ3n) is 3.03. The first-order valence-corrected chi connectivity index (χ1v) is 6.93. The van der Waals surface area contributed by atoms with Crippen molar-refractivity contribution in [3.8, 4) is 0 Å². The Morgan fingerprint density at radius 1 is 1.30 bits per heavy atom. The summed E-state index contributed by atoms with van der Waals surface area (Å²) < 4.78 is 0. The summed E-state index contributed by atoms with van der Waals surface area (Å²) in [6.45, 7) is 5.17. The molecule has 0 bridgehead atoms. The largest absolute Gasteiger partial charge is 0.343 e. The molecule has 1 aromatic heterocycles. The normalized spacial score (nSPS) is 10.3. The van der Waals surface area contributed by atoms with Crippen LogP contribution in [0.25, 0.3) is 0 Å². The van der Waals surface area contributed by atoms with Crippen molar-refractivity contribution in [3.05, 3.63) is 36.0 Å². The number of unbranched alkanes of at least 4 members (excludes halogenated alkanes) is 1. The van der Waals surface area contributed by atoms with Gasteiger partial charge in [-0.1, -0.05) is 25.5 Å². The van der Waals surface area contributed by atoms with E-state index in [1.165, 1.54) is 5.56 Å². The van der Waals surface area contributed by atoms with Crippen LogP contribution in [0.2, 0.25) is 0 Å². The summed E-state index contributed by atoms with van der Waals surface area (Å²) in [7, 11) is 1.99. The molecule has 106 valence electrons. The van der Waals surface area contributed by atoms with E-state index in [0.717, 1.165) is 25.1 Å². The molecule has 0 aliphatic rings. The van der Waals surface area contributed by atoms with Gasteiger partial charge in [0.05, 0.1) is 6.20 Å². The lowest BCUT2D eigenvalue weighted by molar-refractivity contribution is 0.741. The average Bonchev–Trinajstić information content (AvgIpc) is 2.45. The van der Waals surface area contributed by atoms with Crippen LogP contribution in [0.5, 0.6) is 0 Å². The number of aromatic nitrogens is 3. The van der Waals surface area contributed by atoms with Crippen LogP contribution in [0.15, 0.2) is 30.5 Å². The molecule has 0 saturated carbocycles. The van der Waals surface area contributed by atoms with Crippen molar-refractivity contribution in [2.75, 3.05) is 23.8 Å². The lowest BCUT2D eigenvalue weighted by atomic mass is 10.2. The molecule has 1 N–H and O–H groups in total. The van der Waals surface area contributed by atoms with Crippen LogP contribution in [0, 0.1) is 6.92 Å². The van der Waals surface area contributed by atoms with Crippen molar-refractivity contribution < 1.29 is 0 Å². The van der Waals surface area contributed by atoms with Gasteiger partial charge >= 0.3 is 0 Å². The first kappa shape index (κ1) is 14.2. The molecule has 0 aliphatic heterocycles. The average molecular weight is 271 g/mol. The van der Waals surface area contributed by atoms with Crippen molar-refractivity contribution in [2.24, 2.45) is 0 Å². The van der Waals surface area contributed by atoms with Gasteiger partial charge in [-0.3, -0.25) is 0 Å². The number of aryl methyl sites for hydroxylation is 1. The monoisotopic (exact) mass is 271 g/mol. The van der Waals surface area contributed by atoms with Crippen molar-refractivity contribution in [1.82, 2.24) is 15.2 Å². The second-order valence-corrected chi connectivity index (χ2v) is 4.91. The van der Waals surface area contributed by atoms with Crippen LogP contribution >= 0.6 is 0 Å². The van der Waals surface area contributed by atoms with Crippen molar-refractivity contribution >= 4 is 17.5 Å². The number of anilines is 3. The maximum Gasteiger partial charge on any atom is 0.247 e. The zero-order valence-corrected chi connectivity index (χ0v) is 12.3. The van der Waals surface area contributed by atoms with E-state index in [1.54, 1.807) is 6.20 Å². The Morgan fingerprint density at radius 2 is 2.15 bits per heavy atom. The Bertz CT molecular complexity index is 555. The quantitative estimate of drug-likeness (QED) is 0.874. The molecule has 5 nitrogen and oxygen atoms in total.